The summed E-state index contributed by atoms with van der Waals surface area (Å²) in [6.45, 7) is 3.97. The zero-order valence-corrected chi connectivity index (χ0v) is 20.4. The van der Waals surface area contributed by atoms with Crippen molar-refractivity contribution in [1.29, 1.82) is 0 Å². The van der Waals surface area contributed by atoms with Gasteiger partial charge in [0.15, 0.2) is 0 Å². The summed E-state index contributed by atoms with van der Waals surface area (Å²) in [5, 5.41) is 4.65. The number of carbonyl (C=O) groups is 1. The number of benzene rings is 2. The maximum absolute atomic E-state index is 12.2. The lowest BCUT2D eigenvalue weighted by Gasteiger charge is -2.31. The summed E-state index contributed by atoms with van der Waals surface area (Å²) in [5.41, 5.74) is 6.42. The van der Waals surface area contributed by atoms with E-state index in [1.807, 2.05) is 55.6 Å². The molecule has 0 unspecified atom stereocenters. The molecule has 184 valence electrons. The minimum absolute atomic E-state index is 0.233. The van der Waals surface area contributed by atoms with Crippen LogP contribution in [0.2, 0.25) is 0 Å². The number of amides is 1. The van der Waals surface area contributed by atoms with E-state index in [4.69, 9.17) is 9.57 Å². The molecule has 4 aromatic rings. The standard InChI is InChI=1S/C29H30N4O3/c1-2-35-29(34)32-17-13-24(14-18-32)27-20-31-33(36-21-22-7-4-3-5-8-22)28(27)26-10-6-9-25(19-26)23-11-15-30-16-12-23/h3-12,15-16,19-20,24H,2,13-14,17-18,21H2,1H3. The highest BCUT2D eigenvalue weighted by atomic mass is 16.7. The number of ether oxygens (including phenoxy) is 1. The molecular formula is C29H30N4O3. The van der Waals surface area contributed by atoms with Gasteiger partial charge in [-0.25, -0.2) is 4.79 Å². The zero-order valence-electron chi connectivity index (χ0n) is 20.4. The van der Waals surface area contributed by atoms with Gasteiger partial charge in [0.2, 0.25) is 0 Å². The predicted octanol–water partition coefficient (Wildman–Crippen LogP) is 5.58. The summed E-state index contributed by atoms with van der Waals surface area (Å²) >= 11 is 0. The van der Waals surface area contributed by atoms with Crippen molar-refractivity contribution in [1.82, 2.24) is 19.8 Å². The molecule has 0 atom stereocenters. The van der Waals surface area contributed by atoms with Gasteiger partial charge in [0.25, 0.3) is 0 Å². The van der Waals surface area contributed by atoms with Crippen molar-refractivity contribution in [3.05, 3.63) is 96.4 Å². The molecule has 0 spiro atoms. The van der Waals surface area contributed by atoms with E-state index in [1.165, 1.54) is 0 Å². The average Bonchev–Trinajstić information content (AvgIpc) is 3.37. The molecule has 0 bridgehead atoms. The van der Waals surface area contributed by atoms with Crippen molar-refractivity contribution in [3.8, 4) is 22.4 Å². The van der Waals surface area contributed by atoms with E-state index in [0.29, 0.717) is 26.3 Å². The molecule has 3 heterocycles. The van der Waals surface area contributed by atoms with Crippen LogP contribution in [0.4, 0.5) is 4.79 Å². The number of likely N-dealkylation sites (tertiary alicyclic amines) is 1. The normalized spacial score (nSPS) is 14.0. The number of pyridine rings is 1. The third-order valence-electron chi connectivity index (χ3n) is 6.57. The van der Waals surface area contributed by atoms with Crippen molar-refractivity contribution >= 4 is 6.09 Å². The van der Waals surface area contributed by atoms with Crippen LogP contribution in [0.25, 0.3) is 22.4 Å². The Labute approximate surface area is 211 Å². The first-order valence-electron chi connectivity index (χ1n) is 12.4. The number of carbonyl (C=O) groups excluding carboxylic acids is 1. The van der Waals surface area contributed by atoms with Gasteiger partial charge in [-0.1, -0.05) is 53.4 Å². The van der Waals surface area contributed by atoms with Crippen LogP contribution in [0.15, 0.2) is 85.3 Å². The molecule has 1 fully saturated rings. The second-order valence-corrected chi connectivity index (χ2v) is 8.86. The van der Waals surface area contributed by atoms with Crippen LogP contribution in [0.3, 0.4) is 0 Å². The number of nitrogens with zero attached hydrogens (tertiary/aromatic N) is 4. The Morgan fingerprint density at radius 2 is 1.69 bits per heavy atom. The third-order valence-corrected chi connectivity index (χ3v) is 6.57. The summed E-state index contributed by atoms with van der Waals surface area (Å²) in [6, 6.07) is 22.5. The Hall–Kier alpha value is -4.13. The summed E-state index contributed by atoms with van der Waals surface area (Å²) in [6.07, 6.45) is 6.99. The number of rotatable bonds is 7. The van der Waals surface area contributed by atoms with Gasteiger partial charge in [-0.15, -0.1) is 5.10 Å². The molecule has 0 aliphatic carbocycles. The molecule has 36 heavy (non-hydrogen) atoms. The Kier molecular flexibility index (Phi) is 7.26. The van der Waals surface area contributed by atoms with Crippen molar-refractivity contribution in [2.45, 2.75) is 32.3 Å². The molecule has 0 saturated carbocycles. The van der Waals surface area contributed by atoms with Gasteiger partial charge in [-0.05, 0) is 60.6 Å². The second-order valence-electron chi connectivity index (χ2n) is 8.86. The molecule has 1 amide bonds. The molecule has 1 aliphatic heterocycles. The van der Waals surface area contributed by atoms with Gasteiger partial charge in [0.05, 0.1) is 12.8 Å². The highest BCUT2D eigenvalue weighted by Crippen LogP contribution is 2.36. The van der Waals surface area contributed by atoms with Crippen molar-refractivity contribution in [2.75, 3.05) is 19.7 Å². The van der Waals surface area contributed by atoms with Crippen molar-refractivity contribution in [3.63, 3.8) is 0 Å². The van der Waals surface area contributed by atoms with Crippen LogP contribution in [0.1, 0.15) is 36.8 Å². The molecule has 0 N–H and O–H groups in total. The van der Waals surface area contributed by atoms with E-state index < -0.39 is 0 Å². The quantitative estimate of drug-likeness (QED) is 0.344. The van der Waals surface area contributed by atoms with Crippen LogP contribution in [-0.2, 0) is 11.3 Å². The average molecular weight is 483 g/mol. The maximum atomic E-state index is 12.2. The predicted molar refractivity (Wildman–Crippen MR) is 138 cm³/mol. The molecule has 0 radical (unpaired) electrons. The molecule has 1 saturated heterocycles. The Bertz CT molecular complexity index is 1280. The van der Waals surface area contributed by atoms with Gasteiger partial charge >= 0.3 is 6.09 Å². The van der Waals surface area contributed by atoms with Crippen LogP contribution < -0.4 is 4.84 Å². The lowest BCUT2D eigenvalue weighted by Crippen LogP contribution is -2.38. The number of piperidine rings is 1. The number of hydrogen-bond acceptors (Lipinski definition) is 5. The molecule has 5 rings (SSSR count). The van der Waals surface area contributed by atoms with Crippen molar-refractivity contribution in [2.24, 2.45) is 0 Å². The first kappa shape index (κ1) is 23.6. The van der Waals surface area contributed by atoms with E-state index >= 15 is 0 Å². The fourth-order valence-corrected chi connectivity index (χ4v) is 4.71. The van der Waals surface area contributed by atoms with E-state index in [-0.39, 0.29) is 12.0 Å². The highest BCUT2D eigenvalue weighted by molar-refractivity contribution is 5.73. The topological polar surface area (TPSA) is 69.5 Å². The van der Waals surface area contributed by atoms with Crippen LogP contribution >= 0.6 is 0 Å². The van der Waals surface area contributed by atoms with Crippen LogP contribution in [-0.4, -0.2) is 45.6 Å². The summed E-state index contributed by atoms with van der Waals surface area (Å²) in [7, 11) is 0. The first-order chi connectivity index (χ1) is 17.7. The van der Waals surface area contributed by atoms with Crippen LogP contribution in [0, 0.1) is 0 Å². The molecule has 2 aromatic heterocycles. The largest absolute Gasteiger partial charge is 0.450 e. The maximum Gasteiger partial charge on any atom is 0.409 e. The Morgan fingerprint density at radius 1 is 0.944 bits per heavy atom. The van der Waals surface area contributed by atoms with Gasteiger partial charge in [0.1, 0.15) is 12.3 Å². The van der Waals surface area contributed by atoms with Crippen molar-refractivity contribution < 1.29 is 14.4 Å². The monoisotopic (exact) mass is 482 g/mol. The van der Waals surface area contributed by atoms with Gasteiger partial charge in [-0.3, -0.25) is 4.98 Å². The Balaban J connectivity index is 1.45. The molecular weight excluding hydrogens is 452 g/mol. The van der Waals surface area contributed by atoms with Gasteiger partial charge in [0, 0.05) is 36.6 Å². The minimum atomic E-state index is -0.233. The van der Waals surface area contributed by atoms with E-state index in [1.54, 1.807) is 22.1 Å². The summed E-state index contributed by atoms with van der Waals surface area (Å²) in [5.74, 6) is 0.268. The fraction of sp³-hybridized carbons (Fsp3) is 0.276. The highest BCUT2D eigenvalue weighted by Gasteiger charge is 2.29. The van der Waals surface area contributed by atoms with Crippen LogP contribution in [0.5, 0.6) is 0 Å². The molecule has 1 aliphatic rings. The van der Waals surface area contributed by atoms with Gasteiger partial charge < -0.3 is 14.5 Å². The van der Waals surface area contributed by atoms with E-state index in [2.05, 4.69) is 34.3 Å². The number of aromatic nitrogens is 3. The summed E-state index contributed by atoms with van der Waals surface area (Å²) in [4.78, 5) is 26.0. The fourth-order valence-electron chi connectivity index (χ4n) is 4.71. The van der Waals surface area contributed by atoms with Gasteiger partial charge in [-0.2, -0.15) is 0 Å². The molecule has 7 heteroatoms. The lowest BCUT2D eigenvalue weighted by molar-refractivity contribution is 0.0733. The first-order valence-corrected chi connectivity index (χ1v) is 12.4. The molecule has 7 nitrogen and oxygen atoms in total. The zero-order chi connectivity index (χ0) is 24.7. The lowest BCUT2D eigenvalue weighted by atomic mass is 9.88. The minimum Gasteiger partial charge on any atom is -0.450 e. The number of hydrogen-bond donors (Lipinski definition) is 0. The molecule has 2 aromatic carbocycles. The SMILES string of the molecule is CCOC(=O)N1CCC(c2cnn(OCc3ccccc3)c2-c2cccc(-c3ccncc3)c2)CC1. The summed E-state index contributed by atoms with van der Waals surface area (Å²) < 4.78 is 5.19. The second kappa shape index (κ2) is 11.1. The van der Waals surface area contributed by atoms with E-state index in [0.717, 1.165) is 46.4 Å². The van der Waals surface area contributed by atoms with E-state index in [9.17, 15) is 4.79 Å². The Morgan fingerprint density at radius 3 is 2.44 bits per heavy atom. The third kappa shape index (κ3) is 5.25. The smallest absolute Gasteiger partial charge is 0.409 e.